The number of fused-ring (bicyclic) bond motifs is 1. The van der Waals surface area contributed by atoms with Crippen LogP contribution in [-0.4, -0.2) is 69.1 Å². The molecule has 0 atom stereocenters. The summed E-state index contributed by atoms with van der Waals surface area (Å²) in [5.74, 6) is -1.16. The van der Waals surface area contributed by atoms with Crippen molar-refractivity contribution >= 4 is 22.4 Å². The number of halogens is 5. The summed E-state index contributed by atoms with van der Waals surface area (Å²) in [4.78, 5) is 15.2. The number of benzene rings is 2. The third-order valence-electron chi connectivity index (χ3n) is 7.87. The van der Waals surface area contributed by atoms with Gasteiger partial charge in [-0.05, 0) is 38.4 Å². The van der Waals surface area contributed by atoms with E-state index in [-0.39, 0.29) is 41.8 Å². The summed E-state index contributed by atoms with van der Waals surface area (Å²) in [5, 5.41) is 8.13. The Morgan fingerprint density at radius 2 is 1.79 bits per heavy atom. The molecular weight excluding hydrogens is 621 g/mol. The summed E-state index contributed by atoms with van der Waals surface area (Å²) in [5.41, 5.74) is 0.146. The van der Waals surface area contributed by atoms with E-state index in [1.807, 2.05) is 0 Å². The number of morpholine rings is 1. The summed E-state index contributed by atoms with van der Waals surface area (Å²) in [6, 6.07) is 10.6. The highest BCUT2D eigenvalue weighted by molar-refractivity contribution is 5.92. The number of aromatic nitrogens is 5. The minimum atomic E-state index is -4.65. The molecule has 0 amide bonds. The van der Waals surface area contributed by atoms with Crippen molar-refractivity contribution in [1.82, 2.24) is 29.6 Å². The number of pyridine rings is 1. The van der Waals surface area contributed by atoms with Crippen molar-refractivity contribution in [3.8, 4) is 17.3 Å². The maximum Gasteiger partial charge on any atom is 0.419 e. The molecule has 0 aliphatic carbocycles. The highest BCUT2D eigenvalue weighted by Gasteiger charge is 2.34. The van der Waals surface area contributed by atoms with Crippen molar-refractivity contribution in [3.05, 3.63) is 89.4 Å². The lowest BCUT2D eigenvalue weighted by Gasteiger charge is -2.26. The SMILES string of the molecule is CCOc1cc(F)c(Cn2nc(-c3ncc(CCCN4CCOCC4)c(Nc4ccncc4C(F)(F)F)n3)c3ccccc32)c(F)c1. The van der Waals surface area contributed by atoms with Gasteiger partial charge in [0.25, 0.3) is 0 Å². The zero-order chi connectivity index (χ0) is 33.0. The second-order valence-corrected chi connectivity index (χ2v) is 11.0. The van der Waals surface area contributed by atoms with Crippen LogP contribution in [0.3, 0.4) is 0 Å². The van der Waals surface area contributed by atoms with E-state index < -0.39 is 23.4 Å². The third-order valence-corrected chi connectivity index (χ3v) is 7.87. The fourth-order valence-corrected chi connectivity index (χ4v) is 5.53. The largest absolute Gasteiger partial charge is 0.494 e. The highest BCUT2D eigenvalue weighted by atomic mass is 19.4. The van der Waals surface area contributed by atoms with Crippen molar-refractivity contribution in [2.24, 2.45) is 0 Å². The van der Waals surface area contributed by atoms with Crippen molar-refractivity contribution in [3.63, 3.8) is 0 Å². The fourth-order valence-electron chi connectivity index (χ4n) is 5.53. The Balaban J connectivity index is 1.37. The summed E-state index contributed by atoms with van der Waals surface area (Å²) in [6.45, 7) is 5.46. The van der Waals surface area contributed by atoms with Gasteiger partial charge in [-0.2, -0.15) is 18.3 Å². The molecule has 246 valence electrons. The second kappa shape index (κ2) is 14.0. The van der Waals surface area contributed by atoms with E-state index >= 15 is 8.78 Å². The zero-order valence-electron chi connectivity index (χ0n) is 25.5. The van der Waals surface area contributed by atoms with Gasteiger partial charge in [-0.25, -0.2) is 18.7 Å². The monoisotopic (exact) mass is 653 g/mol. The molecule has 0 spiro atoms. The van der Waals surface area contributed by atoms with Gasteiger partial charge in [0.2, 0.25) is 0 Å². The summed E-state index contributed by atoms with van der Waals surface area (Å²) in [6.07, 6.45) is 0.179. The van der Waals surface area contributed by atoms with Crippen LogP contribution in [0.25, 0.3) is 22.4 Å². The number of ether oxygens (including phenoxy) is 2. The van der Waals surface area contributed by atoms with Crippen LogP contribution in [0.1, 0.15) is 30.0 Å². The Morgan fingerprint density at radius 3 is 2.53 bits per heavy atom. The van der Waals surface area contributed by atoms with Crippen LogP contribution in [0.2, 0.25) is 0 Å². The molecule has 0 unspecified atom stereocenters. The van der Waals surface area contributed by atoms with Gasteiger partial charge in [0, 0.05) is 60.3 Å². The minimum Gasteiger partial charge on any atom is -0.494 e. The number of hydrogen-bond acceptors (Lipinski definition) is 8. The number of alkyl halides is 3. The van der Waals surface area contributed by atoms with E-state index in [0.717, 1.165) is 44.4 Å². The van der Waals surface area contributed by atoms with Crippen LogP contribution >= 0.6 is 0 Å². The molecule has 1 aliphatic rings. The Bertz CT molecular complexity index is 1830. The van der Waals surface area contributed by atoms with Gasteiger partial charge in [-0.15, -0.1) is 0 Å². The molecule has 1 fully saturated rings. The molecule has 0 saturated carbocycles. The Morgan fingerprint density at radius 1 is 1.02 bits per heavy atom. The molecular formula is C33H32F5N7O2. The van der Waals surface area contributed by atoms with Crippen LogP contribution in [0, 0.1) is 11.6 Å². The normalized spacial score (nSPS) is 14.1. The van der Waals surface area contributed by atoms with E-state index in [2.05, 4.69) is 30.3 Å². The summed E-state index contributed by atoms with van der Waals surface area (Å²) >= 11 is 0. The molecule has 9 nitrogen and oxygen atoms in total. The van der Waals surface area contributed by atoms with Gasteiger partial charge in [-0.1, -0.05) is 18.2 Å². The first kappa shape index (κ1) is 32.3. The maximum atomic E-state index is 15.0. The molecule has 4 heterocycles. The predicted molar refractivity (Wildman–Crippen MR) is 165 cm³/mol. The van der Waals surface area contributed by atoms with Crippen molar-refractivity contribution < 1.29 is 31.4 Å². The molecule has 0 bridgehead atoms. The number of rotatable bonds is 11. The topological polar surface area (TPSA) is 90.2 Å². The number of para-hydroxylation sites is 1. The first-order chi connectivity index (χ1) is 22.7. The first-order valence-corrected chi connectivity index (χ1v) is 15.2. The molecule has 1 N–H and O–H groups in total. The molecule has 0 radical (unpaired) electrons. The maximum absolute atomic E-state index is 15.0. The fraction of sp³-hybridized carbons (Fsp3) is 0.333. The van der Waals surface area contributed by atoms with Crippen LogP contribution in [0.15, 0.2) is 61.1 Å². The van der Waals surface area contributed by atoms with Crippen LogP contribution in [0.4, 0.5) is 33.5 Å². The highest BCUT2D eigenvalue weighted by Crippen LogP contribution is 2.36. The number of nitrogens with zero attached hydrogens (tertiary/aromatic N) is 6. The van der Waals surface area contributed by atoms with E-state index in [1.165, 1.54) is 16.9 Å². The molecule has 47 heavy (non-hydrogen) atoms. The predicted octanol–water partition coefficient (Wildman–Crippen LogP) is 6.64. The van der Waals surface area contributed by atoms with Gasteiger partial charge in [0.1, 0.15) is 28.9 Å². The average Bonchev–Trinajstić information content (AvgIpc) is 3.42. The first-order valence-electron chi connectivity index (χ1n) is 15.2. The summed E-state index contributed by atoms with van der Waals surface area (Å²) in [7, 11) is 0. The van der Waals surface area contributed by atoms with Crippen LogP contribution in [0.5, 0.6) is 5.75 Å². The van der Waals surface area contributed by atoms with Crippen LogP contribution in [-0.2, 0) is 23.9 Å². The molecule has 3 aromatic heterocycles. The van der Waals surface area contributed by atoms with Gasteiger partial charge >= 0.3 is 6.18 Å². The lowest BCUT2D eigenvalue weighted by molar-refractivity contribution is -0.137. The Labute approximate surface area is 267 Å². The molecule has 1 saturated heterocycles. The van der Waals surface area contributed by atoms with E-state index in [4.69, 9.17) is 9.47 Å². The molecule has 14 heteroatoms. The third kappa shape index (κ3) is 7.33. The van der Waals surface area contributed by atoms with Crippen molar-refractivity contribution in [2.75, 3.05) is 44.8 Å². The average molecular weight is 654 g/mol. The lowest BCUT2D eigenvalue weighted by atomic mass is 10.1. The summed E-state index contributed by atoms with van der Waals surface area (Å²) < 4.78 is 83.8. The van der Waals surface area contributed by atoms with Crippen molar-refractivity contribution in [1.29, 1.82) is 0 Å². The molecule has 1 aliphatic heterocycles. The quantitative estimate of drug-likeness (QED) is 0.159. The minimum absolute atomic E-state index is 0.0820. The lowest BCUT2D eigenvalue weighted by Crippen LogP contribution is -2.36. The van der Waals surface area contributed by atoms with Gasteiger partial charge in [-0.3, -0.25) is 14.6 Å². The van der Waals surface area contributed by atoms with E-state index in [9.17, 15) is 13.2 Å². The standard InChI is InChI=1S/C33H32F5N7O2/c1-2-47-22-16-26(34)24(27(35)17-22)20-45-29-8-4-3-7-23(29)30(43-45)32-40-18-21(6-5-11-44-12-14-46-15-13-44)31(42-32)41-28-9-10-39-19-25(28)33(36,37)38/h3-4,7-10,16-19H,2,5-6,11-15,20H2,1H3,(H,39,40,41,42). The van der Waals surface area contributed by atoms with Gasteiger partial charge in [0.05, 0.1) is 43.1 Å². The second-order valence-electron chi connectivity index (χ2n) is 11.0. The smallest absolute Gasteiger partial charge is 0.419 e. The van der Waals surface area contributed by atoms with Gasteiger partial charge < -0.3 is 14.8 Å². The number of aryl methyl sites for hydroxylation is 1. The van der Waals surface area contributed by atoms with Crippen LogP contribution < -0.4 is 10.1 Å². The molecule has 2 aromatic carbocycles. The number of nitrogens with one attached hydrogen (secondary N) is 1. The Kier molecular flexibility index (Phi) is 9.59. The van der Waals surface area contributed by atoms with Crippen molar-refractivity contribution in [2.45, 2.75) is 32.5 Å². The number of anilines is 2. The van der Waals surface area contributed by atoms with Gasteiger partial charge in [0.15, 0.2) is 5.82 Å². The Hall–Kier alpha value is -4.69. The molecule has 5 aromatic rings. The van der Waals surface area contributed by atoms with E-state index in [0.29, 0.717) is 41.8 Å². The van der Waals surface area contributed by atoms with E-state index in [1.54, 1.807) is 37.4 Å². The number of hydrogen-bond donors (Lipinski definition) is 1. The molecule has 6 rings (SSSR count). The zero-order valence-corrected chi connectivity index (χ0v) is 25.5.